The molecule has 0 radical (unpaired) electrons. The van der Waals surface area contributed by atoms with Crippen molar-refractivity contribution < 1.29 is 48.8 Å². The van der Waals surface area contributed by atoms with Gasteiger partial charge in [0, 0.05) is 14.2 Å². The van der Waals surface area contributed by atoms with E-state index >= 15 is 0 Å². The Hall–Kier alpha value is -0.400. The zero-order chi connectivity index (χ0) is 17.4. The van der Waals surface area contributed by atoms with E-state index < -0.39 is 68.0 Å². The molecule has 24 heavy (non-hydrogen) atoms. The van der Waals surface area contributed by atoms with Crippen molar-refractivity contribution in [3.05, 3.63) is 0 Å². The van der Waals surface area contributed by atoms with E-state index in [9.17, 15) is 20.4 Å². The minimum Gasteiger partial charge on any atom is -0.394 e. The van der Waals surface area contributed by atoms with Crippen LogP contribution in [0.15, 0.2) is 0 Å². The lowest BCUT2D eigenvalue weighted by Gasteiger charge is -2.44. The number of aliphatic hydroxyl groups is 4. The molecule has 3 heterocycles. The van der Waals surface area contributed by atoms with Gasteiger partial charge in [0.15, 0.2) is 12.6 Å². The van der Waals surface area contributed by atoms with Crippen molar-refractivity contribution >= 4 is 0 Å². The van der Waals surface area contributed by atoms with Crippen LogP contribution in [0.25, 0.3) is 0 Å². The lowest BCUT2D eigenvalue weighted by atomic mass is 9.98. The van der Waals surface area contributed by atoms with Gasteiger partial charge in [-0.2, -0.15) is 0 Å². The first-order valence-electron chi connectivity index (χ1n) is 7.80. The molecular formula is C14H24O10. The van der Waals surface area contributed by atoms with Gasteiger partial charge in [0.25, 0.3) is 0 Å². The van der Waals surface area contributed by atoms with E-state index in [2.05, 4.69) is 0 Å². The maximum atomic E-state index is 10.3. The average molecular weight is 352 g/mol. The van der Waals surface area contributed by atoms with Crippen LogP contribution in [0.2, 0.25) is 0 Å². The summed E-state index contributed by atoms with van der Waals surface area (Å²) < 4.78 is 32.4. The van der Waals surface area contributed by atoms with Crippen LogP contribution in [0, 0.1) is 0 Å². The van der Waals surface area contributed by atoms with E-state index in [4.69, 9.17) is 28.4 Å². The van der Waals surface area contributed by atoms with Crippen LogP contribution < -0.4 is 0 Å². The lowest BCUT2D eigenvalue weighted by Crippen LogP contribution is -2.62. The van der Waals surface area contributed by atoms with E-state index in [1.807, 2.05) is 0 Å². The van der Waals surface area contributed by atoms with Crippen molar-refractivity contribution in [2.75, 3.05) is 27.4 Å². The van der Waals surface area contributed by atoms with Gasteiger partial charge in [0.1, 0.15) is 48.8 Å². The van der Waals surface area contributed by atoms with Crippen LogP contribution in [0.3, 0.4) is 0 Å². The Morgan fingerprint density at radius 2 is 1.67 bits per heavy atom. The molecule has 0 aromatic rings. The predicted molar refractivity (Wildman–Crippen MR) is 74.8 cm³/mol. The Balaban J connectivity index is 1.71. The zero-order valence-corrected chi connectivity index (χ0v) is 13.4. The third-order valence-corrected chi connectivity index (χ3v) is 4.69. The van der Waals surface area contributed by atoms with Gasteiger partial charge in [0.2, 0.25) is 0 Å². The molecule has 0 aromatic carbocycles. The monoisotopic (exact) mass is 352 g/mol. The minimum absolute atomic E-state index is 0.203. The van der Waals surface area contributed by atoms with Crippen LogP contribution in [0.4, 0.5) is 0 Å². The van der Waals surface area contributed by atoms with Crippen LogP contribution in [0.1, 0.15) is 0 Å². The molecule has 3 aliphatic rings. The summed E-state index contributed by atoms with van der Waals surface area (Å²) in [6, 6.07) is 0. The van der Waals surface area contributed by atoms with E-state index in [0.29, 0.717) is 0 Å². The van der Waals surface area contributed by atoms with Crippen molar-refractivity contribution in [2.45, 2.75) is 61.4 Å². The van der Waals surface area contributed by atoms with Gasteiger partial charge >= 0.3 is 0 Å². The highest BCUT2D eigenvalue weighted by Gasteiger charge is 2.55. The molecule has 0 amide bonds. The summed E-state index contributed by atoms with van der Waals surface area (Å²) in [6.07, 6.45) is -9.40. The van der Waals surface area contributed by atoms with Crippen molar-refractivity contribution in [3.63, 3.8) is 0 Å². The third-order valence-electron chi connectivity index (χ3n) is 4.69. The molecule has 3 aliphatic heterocycles. The van der Waals surface area contributed by atoms with Crippen LogP contribution in [0.5, 0.6) is 0 Å². The second kappa shape index (κ2) is 7.46. The average Bonchev–Trinajstić information content (AvgIpc) is 2.88. The van der Waals surface area contributed by atoms with Crippen LogP contribution in [-0.2, 0) is 28.4 Å². The highest BCUT2D eigenvalue weighted by Crippen LogP contribution is 2.35. The smallest absolute Gasteiger partial charge is 0.187 e. The normalized spacial score (nSPS) is 51.8. The molecule has 10 atom stereocenters. The number of methoxy groups -OCH3 is 2. The fourth-order valence-corrected chi connectivity index (χ4v) is 3.38. The summed E-state index contributed by atoms with van der Waals surface area (Å²) in [5, 5.41) is 39.9. The summed E-state index contributed by atoms with van der Waals surface area (Å²) in [7, 11) is 2.75. The first-order valence-corrected chi connectivity index (χ1v) is 7.80. The Morgan fingerprint density at radius 1 is 0.917 bits per heavy atom. The van der Waals surface area contributed by atoms with Crippen LogP contribution in [-0.4, -0.2) is 109 Å². The molecule has 3 saturated heterocycles. The van der Waals surface area contributed by atoms with E-state index in [1.165, 1.54) is 14.2 Å². The highest BCUT2D eigenvalue weighted by atomic mass is 16.8. The molecule has 0 saturated carbocycles. The number of hydrogen-bond acceptors (Lipinski definition) is 10. The minimum atomic E-state index is -1.29. The first kappa shape index (κ1) is 18.4. The van der Waals surface area contributed by atoms with Crippen molar-refractivity contribution in [1.82, 2.24) is 0 Å². The Labute approximate surface area is 138 Å². The molecule has 0 spiro atoms. The highest BCUT2D eigenvalue weighted by molar-refractivity contribution is 4.98. The number of fused-ring (bicyclic) bond motifs is 2. The summed E-state index contributed by atoms with van der Waals surface area (Å²) in [5.41, 5.74) is 0. The molecular weight excluding hydrogens is 328 g/mol. The van der Waals surface area contributed by atoms with E-state index in [1.54, 1.807) is 0 Å². The number of rotatable bonds is 5. The maximum absolute atomic E-state index is 10.3. The molecule has 4 unspecified atom stereocenters. The predicted octanol–water partition coefficient (Wildman–Crippen LogP) is -3.04. The lowest BCUT2D eigenvalue weighted by molar-refractivity contribution is -0.340. The summed E-state index contributed by atoms with van der Waals surface area (Å²) in [6.45, 7) is -0.263. The van der Waals surface area contributed by atoms with E-state index in [0.717, 1.165) is 0 Å². The molecule has 10 heteroatoms. The summed E-state index contributed by atoms with van der Waals surface area (Å²) in [5.74, 6) is 0. The molecule has 2 bridgehead atoms. The SMILES string of the molecule is CO[C@@H]1O[C@@H]2COC(C1O)[C@@H]2O[C@@H]1OC(CO)[C@H](O)[C@H](OC)C1O. The fraction of sp³-hybridized carbons (Fsp3) is 1.00. The second-order valence-electron chi connectivity index (χ2n) is 6.07. The largest absolute Gasteiger partial charge is 0.394 e. The molecule has 0 aliphatic carbocycles. The molecule has 3 rings (SSSR count). The van der Waals surface area contributed by atoms with Crippen molar-refractivity contribution in [1.29, 1.82) is 0 Å². The van der Waals surface area contributed by atoms with Gasteiger partial charge in [-0.05, 0) is 0 Å². The number of hydrogen-bond donors (Lipinski definition) is 4. The van der Waals surface area contributed by atoms with Gasteiger partial charge in [0.05, 0.1) is 13.2 Å². The molecule has 140 valence electrons. The Kier molecular flexibility index (Phi) is 5.72. The van der Waals surface area contributed by atoms with Gasteiger partial charge in [-0.25, -0.2) is 0 Å². The fourth-order valence-electron chi connectivity index (χ4n) is 3.38. The second-order valence-corrected chi connectivity index (χ2v) is 6.07. The Morgan fingerprint density at radius 3 is 2.29 bits per heavy atom. The topological polar surface area (TPSA) is 136 Å². The van der Waals surface area contributed by atoms with Gasteiger partial charge in [-0.1, -0.05) is 0 Å². The molecule has 10 nitrogen and oxygen atoms in total. The maximum Gasteiger partial charge on any atom is 0.187 e. The molecule has 4 N–H and O–H groups in total. The van der Waals surface area contributed by atoms with Gasteiger partial charge in [-0.15, -0.1) is 0 Å². The molecule has 0 aromatic heterocycles. The van der Waals surface area contributed by atoms with Gasteiger partial charge in [-0.3, -0.25) is 0 Å². The number of aliphatic hydroxyl groups excluding tert-OH is 4. The summed E-state index contributed by atoms with van der Waals surface area (Å²) in [4.78, 5) is 0. The quantitative estimate of drug-likeness (QED) is 0.404. The van der Waals surface area contributed by atoms with Crippen LogP contribution >= 0.6 is 0 Å². The first-order chi connectivity index (χ1) is 11.5. The zero-order valence-electron chi connectivity index (χ0n) is 13.4. The summed E-state index contributed by atoms with van der Waals surface area (Å²) >= 11 is 0. The van der Waals surface area contributed by atoms with Crippen molar-refractivity contribution in [2.24, 2.45) is 0 Å². The molecule has 3 fully saturated rings. The van der Waals surface area contributed by atoms with Crippen molar-refractivity contribution in [3.8, 4) is 0 Å². The third kappa shape index (κ3) is 3.07. The number of ether oxygens (including phenoxy) is 6. The van der Waals surface area contributed by atoms with Gasteiger partial charge < -0.3 is 48.8 Å². The Bertz CT molecular complexity index is 422. The van der Waals surface area contributed by atoms with E-state index in [-0.39, 0.29) is 6.61 Å². The standard InChI is InChI=1S/C14H24O10/c1-19-11-7(16)5(3-15)22-14(8(11)17)24-10-6-4-21-12(10)9(18)13(20-2)23-6/h5-18H,3-4H2,1-2H3/t5?,6-,7+,8?,9?,10-,11+,12?,13-,14+/m1/s1.